The highest BCUT2D eigenvalue weighted by Crippen LogP contribution is 2.30. The molecule has 1 aliphatic carbocycles. The third-order valence-electron chi connectivity index (χ3n) is 4.95. The van der Waals surface area contributed by atoms with Gasteiger partial charge < -0.3 is 25.5 Å². The summed E-state index contributed by atoms with van der Waals surface area (Å²) in [6.07, 6.45) is 1.79. The molecular weight excluding hydrogens is 432 g/mol. The lowest BCUT2D eigenvalue weighted by Gasteiger charge is -2.09. The minimum atomic E-state index is -4.01. The molecule has 1 heterocycles. The van der Waals surface area contributed by atoms with E-state index in [9.17, 15) is 13.2 Å². The van der Waals surface area contributed by atoms with E-state index in [2.05, 4.69) is 25.9 Å². The van der Waals surface area contributed by atoms with E-state index in [0.29, 0.717) is 30.1 Å². The molecule has 0 atom stereocenters. The van der Waals surface area contributed by atoms with Crippen molar-refractivity contribution in [1.82, 2.24) is 15.3 Å². The number of carbonyl (C=O) groups is 1. The number of hydrogen-bond donors (Lipinski definition) is 5. The average Bonchev–Trinajstić information content (AvgIpc) is 3.55. The number of aromatic nitrogens is 2. The number of imidazole rings is 1. The smallest absolute Gasteiger partial charge is 0.339 e. The molecule has 0 unspecified atom stereocenters. The van der Waals surface area contributed by atoms with Gasteiger partial charge in [0.25, 0.3) is 0 Å². The second kappa shape index (κ2) is 9.55. The van der Waals surface area contributed by atoms with Crippen molar-refractivity contribution in [2.24, 2.45) is 11.7 Å². The molecule has 0 saturated heterocycles. The van der Waals surface area contributed by atoms with Crippen LogP contribution in [0.5, 0.6) is 5.75 Å². The number of carbonyl (C=O) groups excluding carboxylic acids is 1. The van der Waals surface area contributed by atoms with Gasteiger partial charge in [-0.25, -0.2) is 4.98 Å². The summed E-state index contributed by atoms with van der Waals surface area (Å²) in [5, 5.41) is 9.10. The highest BCUT2D eigenvalue weighted by atomic mass is 32.2. The van der Waals surface area contributed by atoms with Crippen LogP contribution in [0.4, 0.5) is 11.6 Å². The fourth-order valence-corrected chi connectivity index (χ4v) is 4.02. The van der Waals surface area contributed by atoms with Crippen LogP contribution in [0.2, 0.25) is 0 Å². The lowest BCUT2D eigenvalue weighted by atomic mass is 10.3. The van der Waals surface area contributed by atoms with Gasteiger partial charge in [-0.2, -0.15) is 8.42 Å². The Hall–Kier alpha value is -3.15. The molecule has 170 valence electrons. The van der Waals surface area contributed by atoms with Crippen LogP contribution >= 0.6 is 0 Å². The molecule has 6 N–H and O–H groups in total. The Kier molecular flexibility index (Phi) is 6.58. The quantitative estimate of drug-likeness (QED) is 0.215. The second-order valence-corrected chi connectivity index (χ2v) is 9.10. The molecule has 0 spiro atoms. The third-order valence-corrected chi connectivity index (χ3v) is 6.21. The summed E-state index contributed by atoms with van der Waals surface area (Å²) < 4.78 is 30.6. The van der Waals surface area contributed by atoms with Crippen molar-refractivity contribution in [2.75, 3.05) is 36.8 Å². The number of nitrogens with one attached hydrogen (secondary N) is 4. The molecule has 2 aromatic carbocycles. The molecule has 1 aromatic heterocycles. The lowest BCUT2D eigenvalue weighted by molar-refractivity contribution is -0.117. The van der Waals surface area contributed by atoms with Crippen LogP contribution in [0, 0.1) is 5.92 Å². The Labute approximate surface area is 186 Å². The zero-order valence-electron chi connectivity index (χ0n) is 17.4. The lowest BCUT2D eigenvalue weighted by Crippen LogP contribution is -2.27. The molecule has 32 heavy (non-hydrogen) atoms. The fourth-order valence-electron chi connectivity index (χ4n) is 3.10. The topological polar surface area (TPSA) is 151 Å². The number of aromatic amines is 1. The summed E-state index contributed by atoms with van der Waals surface area (Å²) in [6, 6.07) is 11.1. The number of nitrogens with zero attached hydrogens (tertiary/aromatic N) is 1. The van der Waals surface area contributed by atoms with Crippen LogP contribution in [0.15, 0.2) is 47.4 Å². The van der Waals surface area contributed by atoms with Crippen molar-refractivity contribution in [3.8, 4) is 5.75 Å². The van der Waals surface area contributed by atoms with Gasteiger partial charge in [-0.1, -0.05) is 0 Å². The van der Waals surface area contributed by atoms with Crippen LogP contribution in [-0.2, 0) is 14.9 Å². The zero-order chi connectivity index (χ0) is 22.6. The van der Waals surface area contributed by atoms with Gasteiger partial charge in [-0.05, 0) is 49.2 Å². The molecule has 11 heteroatoms. The van der Waals surface area contributed by atoms with Gasteiger partial charge in [-0.15, -0.1) is 0 Å². The molecular formula is C21H26N6O4S. The van der Waals surface area contributed by atoms with E-state index in [-0.39, 0.29) is 22.5 Å². The molecule has 0 bridgehead atoms. The van der Waals surface area contributed by atoms with Gasteiger partial charge in [0, 0.05) is 43.9 Å². The number of rotatable bonds is 11. The maximum Gasteiger partial charge on any atom is 0.339 e. The van der Waals surface area contributed by atoms with Crippen LogP contribution in [0.3, 0.4) is 0 Å². The molecule has 1 aliphatic rings. The minimum Gasteiger partial charge on any atom is -0.384 e. The minimum absolute atomic E-state index is 0.0452. The van der Waals surface area contributed by atoms with Crippen molar-refractivity contribution < 1.29 is 17.4 Å². The van der Waals surface area contributed by atoms with Crippen molar-refractivity contribution >= 4 is 38.7 Å². The van der Waals surface area contributed by atoms with E-state index in [1.165, 1.54) is 24.3 Å². The van der Waals surface area contributed by atoms with Gasteiger partial charge in [0.1, 0.15) is 10.6 Å². The summed E-state index contributed by atoms with van der Waals surface area (Å²) in [7, 11) is -4.01. The first kappa shape index (κ1) is 22.1. The monoisotopic (exact) mass is 458 g/mol. The van der Waals surface area contributed by atoms with Crippen LogP contribution in [-0.4, -0.2) is 50.5 Å². The van der Waals surface area contributed by atoms with Crippen molar-refractivity contribution in [1.29, 1.82) is 0 Å². The van der Waals surface area contributed by atoms with Gasteiger partial charge in [-0.3, -0.25) is 10.1 Å². The van der Waals surface area contributed by atoms with E-state index in [1.807, 2.05) is 0 Å². The van der Waals surface area contributed by atoms with Gasteiger partial charge in [0.2, 0.25) is 11.9 Å². The van der Waals surface area contributed by atoms with Gasteiger partial charge in [0.05, 0.1) is 11.0 Å². The molecule has 1 fully saturated rings. The van der Waals surface area contributed by atoms with Crippen molar-refractivity contribution in [2.45, 2.75) is 17.7 Å². The molecule has 0 aliphatic heterocycles. The highest BCUT2D eigenvalue weighted by molar-refractivity contribution is 7.87. The molecule has 3 aromatic rings. The largest absolute Gasteiger partial charge is 0.384 e. The summed E-state index contributed by atoms with van der Waals surface area (Å²) in [4.78, 5) is 19.2. The van der Waals surface area contributed by atoms with Crippen molar-refractivity contribution in [3.05, 3.63) is 42.5 Å². The van der Waals surface area contributed by atoms with Crippen molar-refractivity contribution in [3.63, 3.8) is 0 Å². The normalized spacial score (nSPS) is 13.8. The Morgan fingerprint density at radius 1 is 1.12 bits per heavy atom. The maximum absolute atomic E-state index is 12.7. The number of nitrogens with two attached hydrogens (primary N) is 1. The molecule has 0 radical (unpaired) electrons. The number of fused-ring (bicyclic) bond motifs is 1. The Morgan fingerprint density at radius 3 is 2.62 bits per heavy atom. The number of amides is 1. The first-order valence-corrected chi connectivity index (χ1v) is 11.9. The summed E-state index contributed by atoms with van der Waals surface area (Å²) in [5.74, 6) is 0.463. The Balaban J connectivity index is 1.39. The van der Waals surface area contributed by atoms with E-state index < -0.39 is 10.1 Å². The van der Waals surface area contributed by atoms with Gasteiger partial charge >= 0.3 is 10.1 Å². The Bertz CT molecular complexity index is 1190. The zero-order valence-corrected chi connectivity index (χ0v) is 18.2. The van der Waals surface area contributed by atoms with E-state index in [1.54, 1.807) is 18.2 Å². The molecule has 10 nitrogen and oxygen atoms in total. The highest BCUT2D eigenvalue weighted by Gasteiger charge is 2.30. The number of benzene rings is 2. The third kappa shape index (κ3) is 5.55. The average molecular weight is 459 g/mol. The van der Waals surface area contributed by atoms with Gasteiger partial charge in [0.15, 0.2) is 0 Å². The standard InChI is InChI=1S/C21H26N6O4S/c22-9-10-23-11-12-24-15-3-6-17(7-4-15)32(29,30)31-16-5-8-18-19(13-16)26-21(25-18)27-20(28)14-1-2-14/h3-8,13-14,23-24H,1-2,9-12,22H2,(H2,25,26,27,28). The molecule has 4 rings (SSSR count). The first-order valence-electron chi connectivity index (χ1n) is 10.4. The van der Waals surface area contributed by atoms with Crippen LogP contribution in [0.1, 0.15) is 12.8 Å². The second-order valence-electron chi connectivity index (χ2n) is 7.56. The van der Waals surface area contributed by atoms with E-state index in [0.717, 1.165) is 31.6 Å². The van der Waals surface area contributed by atoms with Crippen LogP contribution in [0.25, 0.3) is 11.0 Å². The predicted octanol–water partition coefficient (Wildman–Crippen LogP) is 1.64. The summed E-state index contributed by atoms with van der Waals surface area (Å²) in [6.45, 7) is 2.77. The molecule has 1 saturated carbocycles. The van der Waals surface area contributed by atoms with E-state index >= 15 is 0 Å². The number of hydrogen-bond acceptors (Lipinski definition) is 8. The fraction of sp³-hybridized carbons (Fsp3) is 0.333. The molecule has 1 amide bonds. The Morgan fingerprint density at radius 2 is 1.91 bits per heavy atom. The van der Waals surface area contributed by atoms with Crippen LogP contribution < -0.4 is 25.9 Å². The number of H-pyrrole nitrogens is 1. The van der Waals surface area contributed by atoms with E-state index in [4.69, 9.17) is 9.92 Å². The predicted molar refractivity (Wildman–Crippen MR) is 122 cm³/mol. The SMILES string of the molecule is NCCNCCNc1ccc(S(=O)(=O)Oc2ccc3[nH]c(NC(=O)C4CC4)nc3c2)cc1. The maximum atomic E-state index is 12.7. The first-order chi connectivity index (χ1) is 15.4. The summed E-state index contributed by atoms with van der Waals surface area (Å²) >= 11 is 0. The number of anilines is 2. The summed E-state index contributed by atoms with van der Waals surface area (Å²) in [5.41, 5.74) is 7.38.